The maximum atomic E-state index is 12.5. The molecular formula is C20H19ClN4O4S. The number of nitrogens with zero attached hydrogens (tertiary/aromatic N) is 3. The lowest BCUT2D eigenvalue weighted by atomic mass is 10.1. The Morgan fingerprint density at radius 1 is 1.13 bits per heavy atom. The van der Waals surface area contributed by atoms with Crippen LogP contribution in [0, 0.1) is 13.8 Å². The molecule has 0 radical (unpaired) electrons. The molecule has 0 fully saturated rings. The van der Waals surface area contributed by atoms with Gasteiger partial charge in [0.05, 0.1) is 29.3 Å². The monoisotopic (exact) mass is 446 g/mol. The lowest BCUT2D eigenvalue weighted by Crippen LogP contribution is -2.31. The van der Waals surface area contributed by atoms with Crippen molar-refractivity contribution < 1.29 is 17.9 Å². The van der Waals surface area contributed by atoms with Crippen LogP contribution in [0.5, 0.6) is 5.88 Å². The zero-order chi connectivity index (χ0) is 21.9. The molecule has 0 bridgehead atoms. The molecule has 0 aromatic carbocycles. The van der Waals surface area contributed by atoms with Crippen molar-refractivity contribution in [2.24, 2.45) is 0 Å². The summed E-state index contributed by atoms with van der Waals surface area (Å²) in [5, 5.41) is -0.149. The van der Waals surface area contributed by atoms with E-state index in [0.29, 0.717) is 23.9 Å². The zero-order valence-electron chi connectivity index (χ0n) is 16.5. The molecule has 3 aromatic heterocycles. The molecule has 0 saturated heterocycles. The lowest BCUT2D eigenvalue weighted by molar-refractivity contribution is 0.0981. The van der Waals surface area contributed by atoms with E-state index in [9.17, 15) is 13.2 Å². The van der Waals surface area contributed by atoms with Crippen LogP contribution in [0.4, 0.5) is 0 Å². The molecule has 0 spiro atoms. The van der Waals surface area contributed by atoms with Gasteiger partial charge in [-0.3, -0.25) is 9.78 Å². The highest BCUT2D eigenvalue weighted by atomic mass is 35.5. The van der Waals surface area contributed by atoms with Crippen LogP contribution in [-0.4, -0.2) is 35.9 Å². The van der Waals surface area contributed by atoms with Crippen LogP contribution >= 0.6 is 11.6 Å². The first kappa shape index (κ1) is 21.7. The van der Waals surface area contributed by atoms with Crippen LogP contribution in [-0.2, 0) is 10.0 Å². The minimum Gasteiger partial charge on any atom is -0.478 e. The van der Waals surface area contributed by atoms with E-state index in [1.54, 1.807) is 18.2 Å². The number of carbonyl (C=O) groups is 1. The highest BCUT2D eigenvalue weighted by molar-refractivity contribution is 7.90. The lowest BCUT2D eigenvalue weighted by Gasteiger charge is -2.10. The van der Waals surface area contributed by atoms with Gasteiger partial charge in [0.25, 0.3) is 15.9 Å². The Morgan fingerprint density at radius 3 is 2.57 bits per heavy atom. The fourth-order valence-electron chi connectivity index (χ4n) is 2.72. The van der Waals surface area contributed by atoms with E-state index in [1.165, 1.54) is 31.3 Å². The molecule has 1 N–H and O–H groups in total. The number of pyridine rings is 3. The molecule has 0 atom stereocenters. The second kappa shape index (κ2) is 8.76. The summed E-state index contributed by atoms with van der Waals surface area (Å²) in [4.78, 5) is 25.0. The molecule has 0 unspecified atom stereocenters. The largest absolute Gasteiger partial charge is 0.478 e. The number of aromatic nitrogens is 3. The van der Waals surface area contributed by atoms with Gasteiger partial charge in [0, 0.05) is 12.3 Å². The Bertz CT molecular complexity index is 1220. The van der Waals surface area contributed by atoms with Crippen LogP contribution < -0.4 is 9.46 Å². The third-order valence-electron chi connectivity index (χ3n) is 4.07. The fourth-order valence-corrected chi connectivity index (χ4v) is 4.12. The van der Waals surface area contributed by atoms with E-state index < -0.39 is 15.9 Å². The Morgan fingerprint density at radius 2 is 1.90 bits per heavy atom. The number of nitrogens with one attached hydrogen (secondary N) is 1. The van der Waals surface area contributed by atoms with Gasteiger partial charge in [-0.15, -0.1) is 0 Å². The summed E-state index contributed by atoms with van der Waals surface area (Å²) >= 11 is 6.18. The number of rotatable bonds is 6. The van der Waals surface area contributed by atoms with Crippen LogP contribution in [0.25, 0.3) is 11.4 Å². The van der Waals surface area contributed by atoms with Gasteiger partial charge in [-0.05, 0) is 56.7 Å². The number of ether oxygens (including phenoxy) is 1. The number of carbonyl (C=O) groups excluding carboxylic acids is 1. The van der Waals surface area contributed by atoms with Crippen molar-refractivity contribution in [2.75, 3.05) is 6.61 Å². The predicted molar refractivity (Wildman–Crippen MR) is 112 cm³/mol. The second-order valence-corrected chi connectivity index (χ2v) is 8.37. The number of sulfonamides is 1. The van der Waals surface area contributed by atoms with Gasteiger partial charge in [-0.1, -0.05) is 11.6 Å². The summed E-state index contributed by atoms with van der Waals surface area (Å²) in [5.74, 6) is -0.445. The molecular weight excluding hydrogens is 428 g/mol. The highest BCUT2D eigenvalue weighted by Crippen LogP contribution is 2.24. The van der Waals surface area contributed by atoms with Gasteiger partial charge in [0.15, 0.2) is 0 Å². The van der Waals surface area contributed by atoms with Gasteiger partial charge >= 0.3 is 0 Å². The van der Waals surface area contributed by atoms with Crippen molar-refractivity contribution in [3.05, 3.63) is 64.6 Å². The van der Waals surface area contributed by atoms with Gasteiger partial charge < -0.3 is 4.74 Å². The molecule has 156 valence electrons. The number of amides is 1. The van der Waals surface area contributed by atoms with Crippen LogP contribution in [0.1, 0.15) is 28.5 Å². The molecule has 1 amide bonds. The first-order chi connectivity index (χ1) is 14.2. The predicted octanol–water partition coefficient (Wildman–Crippen LogP) is 3.33. The normalized spacial score (nSPS) is 11.2. The summed E-state index contributed by atoms with van der Waals surface area (Å²) in [6.07, 6.45) is 1.46. The van der Waals surface area contributed by atoms with Crippen molar-refractivity contribution in [1.82, 2.24) is 19.7 Å². The first-order valence-corrected chi connectivity index (χ1v) is 10.8. The smallest absolute Gasteiger partial charge is 0.268 e. The Hall–Kier alpha value is -3.04. The van der Waals surface area contributed by atoms with Crippen LogP contribution in [0.2, 0.25) is 5.15 Å². The number of halogens is 1. The van der Waals surface area contributed by atoms with Crippen LogP contribution in [0.3, 0.4) is 0 Å². The van der Waals surface area contributed by atoms with Gasteiger partial charge in [-0.2, -0.15) is 0 Å². The molecule has 0 saturated carbocycles. The highest BCUT2D eigenvalue weighted by Gasteiger charge is 2.23. The maximum absolute atomic E-state index is 12.5. The standard InChI is InChI=1S/C20H19ClN4O4S/c1-4-29-18-11-12(2)10-16(23-18)15-8-7-14(19(21)24-15)20(26)25-30(27,28)17-6-5-9-22-13(17)3/h5-11H,4H2,1-3H3,(H,25,26). The van der Waals surface area contributed by atoms with Crippen molar-refractivity contribution in [3.63, 3.8) is 0 Å². The summed E-state index contributed by atoms with van der Waals surface area (Å²) in [7, 11) is -4.11. The SMILES string of the molecule is CCOc1cc(C)cc(-c2ccc(C(=O)NS(=O)(=O)c3cccnc3C)c(Cl)n2)n1. The molecule has 0 aliphatic carbocycles. The summed E-state index contributed by atoms with van der Waals surface area (Å²) in [6.45, 7) is 5.75. The van der Waals surface area contributed by atoms with Crippen molar-refractivity contribution >= 4 is 27.5 Å². The number of hydrogen-bond donors (Lipinski definition) is 1. The van der Waals surface area contributed by atoms with Gasteiger partial charge in [0.2, 0.25) is 5.88 Å². The van der Waals surface area contributed by atoms with E-state index in [2.05, 4.69) is 15.0 Å². The average molecular weight is 447 g/mol. The van der Waals surface area contributed by atoms with E-state index in [1.807, 2.05) is 18.6 Å². The number of hydrogen-bond acceptors (Lipinski definition) is 7. The summed E-state index contributed by atoms with van der Waals surface area (Å²) in [6, 6.07) is 9.37. The second-order valence-electron chi connectivity index (χ2n) is 6.36. The number of aryl methyl sites for hydroxylation is 2. The maximum Gasteiger partial charge on any atom is 0.268 e. The topological polar surface area (TPSA) is 111 Å². The Balaban J connectivity index is 1.89. The zero-order valence-corrected chi connectivity index (χ0v) is 18.1. The van der Waals surface area contributed by atoms with Gasteiger partial charge in [-0.25, -0.2) is 23.1 Å². The minimum absolute atomic E-state index is 0.0804. The Kier molecular flexibility index (Phi) is 6.33. The Labute approximate surface area is 179 Å². The van der Waals surface area contributed by atoms with E-state index >= 15 is 0 Å². The molecule has 0 aliphatic heterocycles. The van der Waals surface area contributed by atoms with Crippen molar-refractivity contribution in [3.8, 4) is 17.3 Å². The minimum atomic E-state index is -4.11. The third-order valence-corrected chi connectivity index (χ3v) is 5.82. The fraction of sp³-hybridized carbons (Fsp3) is 0.200. The van der Waals surface area contributed by atoms with Crippen molar-refractivity contribution in [2.45, 2.75) is 25.7 Å². The molecule has 0 aliphatic rings. The summed E-state index contributed by atoms with van der Waals surface area (Å²) < 4.78 is 32.5. The molecule has 3 rings (SSSR count). The third kappa shape index (κ3) is 4.74. The van der Waals surface area contributed by atoms with Gasteiger partial charge in [0.1, 0.15) is 10.0 Å². The molecule has 30 heavy (non-hydrogen) atoms. The van der Waals surface area contributed by atoms with E-state index in [-0.39, 0.29) is 21.3 Å². The summed E-state index contributed by atoms with van der Waals surface area (Å²) in [5.41, 5.74) is 2.05. The van der Waals surface area contributed by atoms with E-state index in [0.717, 1.165) is 5.56 Å². The van der Waals surface area contributed by atoms with Crippen LogP contribution in [0.15, 0.2) is 47.5 Å². The average Bonchev–Trinajstić information content (AvgIpc) is 2.67. The molecule has 3 heterocycles. The quantitative estimate of drug-likeness (QED) is 0.578. The molecule has 10 heteroatoms. The van der Waals surface area contributed by atoms with Crippen molar-refractivity contribution in [1.29, 1.82) is 0 Å². The molecule has 8 nitrogen and oxygen atoms in total. The molecule has 3 aromatic rings. The first-order valence-electron chi connectivity index (χ1n) is 8.98. The van der Waals surface area contributed by atoms with E-state index in [4.69, 9.17) is 16.3 Å².